The number of sulfonamides is 1. The average Bonchev–Trinajstić information content (AvgIpc) is 2.81. The van der Waals surface area contributed by atoms with Gasteiger partial charge in [-0.1, -0.05) is 47.5 Å². The van der Waals surface area contributed by atoms with E-state index < -0.39 is 39.2 Å². The lowest BCUT2D eigenvalue weighted by atomic mass is 10.2. The van der Waals surface area contributed by atoms with Crippen molar-refractivity contribution < 1.29 is 31.1 Å². The molecule has 1 amide bonds. The Hall–Kier alpha value is -3.24. The Morgan fingerprint density at radius 2 is 1.69 bits per heavy atom. The van der Waals surface area contributed by atoms with Crippen molar-refractivity contribution in [3.05, 3.63) is 88.4 Å². The van der Waals surface area contributed by atoms with Gasteiger partial charge < -0.3 is 10.1 Å². The molecular formula is C25H24ClF3N2O4S. The van der Waals surface area contributed by atoms with Crippen LogP contribution in [0.5, 0.6) is 5.75 Å². The zero-order chi connectivity index (χ0) is 26.5. The zero-order valence-corrected chi connectivity index (χ0v) is 21.0. The first-order valence-electron chi connectivity index (χ1n) is 10.8. The van der Waals surface area contributed by atoms with E-state index in [0.717, 1.165) is 23.3 Å². The molecule has 0 saturated carbocycles. The molecule has 3 aromatic carbocycles. The molecule has 0 atom stereocenters. The fourth-order valence-electron chi connectivity index (χ4n) is 3.29. The molecule has 3 aromatic rings. The molecule has 0 unspecified atom stereocenters. The van der Waals surface area contributed by atoms with E-state index in [-0.39, 0.29) is 23.7 Å². The van der Waals surface area contributed by atoms with Crippen molar-refractivity contribution in [1.82, 2.24) is 5.32 Å². The van der Waals surface area contributed by atoms with Gasteiger partial charge in [0, 0.05) is 0 Å². The van der Waals surface area contributed by atoms with E-state index in [9.17, 15) is 26.4 Å². The maximum atomic E-state index is 13.4. The summed E-state index contributed by atoms with van der Waals surface area (Å²) < 4.78 is 73.3. The fourth-order valence-corrected chi connectivity index (χ4v) is 4.93. The number of halogens is 4. The maximum Gasteiger partial charge on any atom is 0.417 e. The molecule has 0 bridgehead atoms. The number of carbonyl (C=O) groups is 1. The van der Waals surface area contributed by atoms with Gasteiger partial charge in [-0.05, 0) is 55.8 Å². The Labute approximate surface area is 212 Å². The van der Waals surface area contributed by atoms with Crippen molar-refractivity contribution in [3.8, 4) is 5.75 Å². The first kappa shape index (κ1) is 27.3. The number of hydrogen-bond acceptors (Lipinski definition) is 4. The van der Waals surface area contributed by atoms with Crippen molar-refractivity contribution in [2.45, 2.75) is 24.9 Å². The Morgan fingerprint density at radius 3 is 2.33 bits per heavy atom. The minimum atomic E-state index is -4.82. The lowest BCUT2D eigenvalue weighted by Gasteiger charge is -2.25. The molecule has 36 heavy (non-hydrogen) atoms. The molecule has 6 nitrogen and oxygen atoms in total. The van der Waals surface area contributed by atoms with Gasteiger partial charge >= 0.3 is 6.18 Å². The topological polar surface area (TPSA) is 75.7 Å². The third kappa shape index (κ3) is 6.70. The van der Waals surface area contributed by atoms with Gasteiger partial charge in [-0.25, -0.2) is 8.42 Å². The predicted molar refractivity (Wildman–Crippen MR) is 132 cm³/mol. The van der Waals surface area contributed by atoms with Gasteiger partial charge in [-0.2, -0.15) is 13.2 Å². The first-order chi connectivity index (χ1) is 16.9. The van der Waals surface area contributed by atoms with E-state index in [1.165, 1.54) is 12.1 Å². The predicted octanol–water partition coefficient (Wildman–Crippen LogP) is 5.37. The molecule has 11 heteroatoms. The number of para-hydroxylation sites is 1. The van der Waals surface area contributed by atoms with E-state index in [4.69, 9.17) is 16.3 Å². The Balaban J connectivity index is 1.84. The molecule has 0 saturated heterocycles. The van der Waals surface area contributed by atoms with E-state index >= 15 is 0 Å². The second kappa shape index (κ2) is 11.2. The van der Waals surface area contributed by atoms with E-state index in [1.54, 1.807) is 31.2 Å². The highest BCUT2D eigenvalue weighted by Crippen LogP contribution is 2.38. The third-order valence-electron chi connectivity index (χ3n) is 5.21. The number of nitrogens with zero attached hydrogens (tertiary/aromatic N) is 1. The minimum Gasteiger partial charge on any atom is -0.491 e. The molecule has 0 aliphatic carbocycles. The Bertz CT molecular complexity index is 1330. The van der Waals surface area contributed by atoms with Crippen molar-refractivity contribution in [2.75, 3.05) is 24.0 Å². The summed E-state index contributed by atoms with van der Waals surface area (Å²) in [6.45, 7) is 3.04. The second-order valence-electron chi connectivity index (χ2n) is 7.95. The smallest absolute Gasteiger partial charge is 0.417 e. The van der Waals surface area contributed by atoms with Crippen LogP contribution in [0.3, 0.4) is 0 Å². The molecule has 1 N–H and O–H groups in total. The summed E-state index contributed by atoms with van der Waals surface area (Å²) >= 11 is 5.70. The van der Waals surface area contributed by atoms with Gasteiger partial charge in [-0.15, -0.1) is 0 Å². The molecule has 0 aliphatic heterocycles. The number of benzene rings is 3. The third-order valence-corrected chi connectivity index (χ3v) is 7.33. The highest BCUT2D eigenvalue weighted by molar-refractivity contribution is 7.92. The van der Waals surface area contributed by atoms with Gasteiger partial charge in [0.25, 0.3) is 10.0 Å². The lowest BCUT2D eigenvalue weighted by Crippen LogP contribution is -2.42. The Morgan fingerprint density at radius 1 is 1.03 bits per heavy atom. The number of rotatable bonds is 9. The second-order valence-corrected chi connectivity index (χ2v) is 10.2. The van der Waals surface area contributed by atoms with Crippen LogP contribution < -0.4 is 14.4 Å². The van der Waals surface area contributed by atoms with Crippen molar-refractivity contribution in [3.63, 3.8) is 0 Å². The van der Waals surface area contributed by atoms with E-state index in [2.05, 4.69) is 5.32 Å². The molecule has 0 radical (unpaired) electrons. The van der Waals surface area contributed by atoms with Gasteiger partial charge in [0.1, 0.15) is 18.9 Å². The van der Waals surface area contributed by atoms with Crippen LogP contribution in [-0.2, 0) is 21.0 Å². The standard InChI is InChI=1S/C25H24ClF3N2O4S/c1-17-7-10-20(11-8-17)36(33,34)31(19-9-12-22(26)21(15-19)25(27,28)29)16-24(32)30-13-14-35-23-6-4-3-5-18(23)2/h3-12,15H,13-14,16H2,1-2H3,(H,30,32). The molecule has 0 aromatic heterocycles. The van der Waals surface area contributed by atoms with E-state index in [0.29, 0.717) is 16.1 Å². The summed E-state index contributed by atoms with van der Waals surface area (Å²) in [5, 5.41) is 1.96. The van der Waals surface area contributed by atoms with Crippen LogP contribution in [0.15, 0.2) is 71.6 Å². The highest BCUT2D eigenvalue weighted by Gasteiger charge is 2.35. The number of anilines is 1. The molecular weight excluding hydrogens is 517 g/mol. The van der Waals surface area contributed by atoms with Gasteiger partial charge in [0.05, 0.1) is 27.7 Å². The van der Waals surface area contributed by atoms with Crippen molar-refractivity contribution >= 4 is 33.2 Å². The summed E-state index contributed by atoms with van der Waals surface area (Å²) in [6.07, 6.45) is -4.82. The maximum absolute atomic E-state index is 13.4. The summed E-state index contributed by atoms with van der Waals surface area (Å²) in [5.74, 6) is -0.0845. The van der Waals surface area contributed by atoms with Crippen molar-refractivity contribution in [2.24, 2.45) is 0 Å². The lowest BCUT2D eigenvalue weighted by molar-refractivity contribution is -0.137. The highest BCUT2D eigenvalue weighted by atomic mass is 35.5. The minimum absolute atomic E-state index is 0.0556. The average molecular weight is 541 g/mol. The van der Waals surface area contributed by atoms with Crippen LogP contribution in [0.2, 0.25) is 5.02 Å². The number of aryl methyl sites for hydroxylation is 2. The fraction of sp³-hybridized carbons (Fsp3) is 0.240. The SMILES string of the molecule is Cc1ccc(S(=O)(=O)N(CC(=O)NCCOc2ccccc2C)c2ccc(Cl)c(C(F)(F)F)c2)cc1. The van der Waals surface area contributed by atoms with Crippen LogP contribution in [0.4, 0.5) is 18.9 Å². The molecule has 0 fully saturated rings. The normalized spacial score (nSPS) is 11.7. The van der Waals surface area contributed by atoms with Gasteiger partial charge in [-0.3, -0.25) is 9.10 Å². The monoisotopic (exact) mass is 540 g/mol. The quantitative estimate of drug-likeness (QED) is 0.370. The number of amides is 1. The van der Waals surface area contributed by atoms with Gasteiger partial charge in [0.15, 0.2) is 0 Å². The van der Waals surface area contributed by atoms with Crippen molar-refractivity contribution in [1.29, 1.82) is 0 Å². The summed E-state index contributed by atoms with van der Waals surface area (Å²) in [5.41, 5.74) is 0.136. The van der Waals surface area contributed by atoms with Gasteiger partial charge in [0.2, 0.25) is 5.91 Å². The molecule has 0 spiro atoms. The van der Waals surface area contributed by atoms with Crippen LogP contribution in [0.25, 0.3) is 0 Å². The Kier molecular flexibility index (Phi) is 8.52. The molecule has 3 rings (SSSR count). The molecule has 192 valence electrons. The van der Waals surface area contributed by atoms with E-state index in [1.807, 2.05) is 19.1 Å². The number of hydrogen-bond donors (Lipinski definition) is 1. The van der Waals surface area contributed by atoms with Crippen LogP contribution in [0, 0.1) is 13.8 Å². The number of nitrogens with one attached hydrogen (secondary N) is 1. The van der Waals surface area contributed by atoms with Crippen LogP contribution in [0.1, 0.15) is 16.7 Å². The molecule has 0 heterocycles. The first-order valence-corrected chi connectivity index (χ1v) is 12.6. The summed E-state index contributed by atoms with van der Waals surface area (Å²) in [4.78, 5) is 12.5. The summed E-state index contributed by atoms with van der Waals surface area (Å²) in [7, 11) is -4.39. The number of ether oxygens (including phenoxy) is 1. The zero-order valence-electron chi connectivity index (χ0n) is 19.5. The number of carbonyl (C=O) groups excluding carboxylic acids is 1. The largest absolute Gasteiger partial charge is 0.491 e. The van der Waals surface area contributed by atoms with Crippen LogP contribution >= 0.6 is 11.6 Å². The summed E-state index contributed by atoms with van der Waals surface area (Å²) in [6, 6.07) is 15.7. The van der Waals surface area contributed by atoms with Crippen LogP contribution in [-0.4, -0.2) is 34.0 Å². The molecule has 0 aliphatic rings. The number of alkyl halides is 3.